The molecular formula is C13H29N3. The Bertz CT molecular complexity index is 173. The smallest absolute Gasteiger partial charge is 0.0112 e. The predicted molar refractivity (Wildman–Crippen MR) is 70.7 cm³/mol. The van der Waals surface area contributed by atoms with Gasteiger partial charge in [-0.3, -0.25) is 4.90 Å². The summed E-state index contributed by atoms with van der Waals surface area (Å²) in [4.78, 5) is 5.23. The summed E-state index contributed by atoms with van der Waals surface area (Å²) in [6.07, 6.45) is 5.10. The van der Waals surface area contributed by atoms with E-state index in [1.165, 1.54) is 52.0 Å². The Labute approximate surface area is 101 Å². The van der Waals surface area contributed by atoms with Gasteiger partial charge < -0.3 is 10.6 Å². The lowest BCUT2D eigenvalue weighted by Gasteiger charge is -2.27. The fraction of sp³-hybridized carbons (Fsp3) is 1.00. The van der Waals surface area contributed by atoms with Crippen molar-refractivity contribution < 1.29 is 0 Å². The van der Waals surface area contributed by atoms with E-state index in [1.54, 1.807) is 0 Å². The maximum absolute atomic E-state index is 5.56. The maximum atomic E-state index is 5.56. The molecule has 1 atom stereocenters. The molecule has 2 N–H and O–H groups in total. The molecule has 3 nitrogen and oxygen atoms in total. The van der Waals surface area contributed by atoms with Gasteiger partial charge in [0.25, 0.3) is 0 Å². The van der Waals surface area contributed by atoms with Crippen LogP contribution in [0.4, 0.5) is 0 Å². The molecule has 1 unspecified atom stereocenters. The maximum Gasteiger partial charge on any atom is 0.0112 e. The minimum atomic E-state index is 0.763. The van der Waals surface area contributed by atoms with Crippen molar-refractivity contribution in [2.45, 2.75) is 45.6 Å². The Morgan fingerprint density at radius 3 is 2.69 bits per heavy atom. The summed E-state index contributed by atoms with van der Waals surface area (Å²) >= 11 is 0. The summed E-state index contributed by atoms with van der Waals surface area (Å²) in [5, 5.41) is 0. The van der Waals surface area contributed by atoms with Gasteiger partial charge in [-0.2, -0.15) is 0 Å². The second-order valence-electron chi connectivity index (χ2n) is 5.01. The van der Waals surface area contributed by atoms with E-state index in [0.29, 0.717) is 0 Å². The number of hydrogen-bond acceptors (Lipinski definition) is 3. The molecule has 1 rings (SSSR count). The number of nitrogens with two attached hydrogens (primary N) is 1. The molecule has 1 aliphatic rings. The molecule has 0 spiro atoms. The minimum absolute atomic E-state index is 0.763. The highest BCUT2D eigenvalue weighted by Crippen LogP contribution is 2.11. The van der Waals surface area contributed by atoms with Crippen molar-refractivity contribution in [3.8, 4) is 0 Å². The molecule has 0 aromatic carbocycles. The highest BCUT2D eigenvalue weighted by atomic mass is 15.2. The van der Waals surface area contributed by atoms with E-state index >= 15 is 0 Å². The van der Waals surface area contributed by atoms with Gasteiger partial charge in [0.2, 0.25) is 0 Å². The summed E-state index contributed by atoms with van der Waals surface area (Å²) in [7, 11) is 0. The molecule has 1 fully saturated rings. The van der Waals surface area contributed by atoms with Gasteiger partial charge >= 0.3 is 0 Å². The minimum Gasteiger partial charge on any atom is -0.330 e. The quantitative estimate of drug-likeness (QED) is 0.747. The van der Waals surface area contributed by atoms with Gasteiger partial charge in [0.05, 0.1) is 0 Å². The van der Waals surface area contributed by atoms with Crippen LogP contribution in [0.3, 0.4) is 0 Å². The predicted octanol–water partition coefficient (Wildman–Crippen LogP) is 1.53. The van der Waals surface area contributed by atoms with E-state index in [-0.39, 0.29) is 0 Å². The topological polar surface area (TPSA) is 32.5 Å². The summed E-state index contributed by atoms with van der Waals surface area (Å²) in [5.74, 6) is 0. The molecule has 1 heterocycles. The van der Waals surface area contributed by atoms with E-state index in [4.69, 9.17) is 5.73 Å². The molecule has 0 amide bonds. The van der Waals surface area contributed by atoms with Crippen molar-refractivity contribution in [3.05, 3.63) is 0 Å². The molecule has 1 aliphatic heterocycles. The molecule has 0 aromatic heterocycles. The fourth-order valence-corrected chi connectivity index (χ4v) is 2.57. The average Bonchev–Trinajstić information content (AvgIpc) is 2.52. The molecule has 0 bridgehead atoms. The molecule has 0 aromatic rings. The molecule has 0 aliphatic carbocycles. The third kappa shape index (κ3) is 4.81. The molecule has 16 heavy (non-hydrogen) atoms. The molecule has 0 radical (unpaired) electrons. The first-order valence-corrected chi connectivity index (χ1v) is 6.94. The van der Waals surface area contributed by atoms with Crippen molar-refractivity contribution in [2.24, 2.45) is 5.73 Å². The largest absolute Gasteiger partial charge is 0.330 e. The Morgan fingerprint density at radius 1 is 1.19 bits per heavy atom. The van der Waals surface area contributed by atoms with Crippen LogP contribution in [-0.2, 0) is 0 Å². The van der Waals surface area contributed by atoms with Crippen molar-refractivity contribution in [3.63, 3.8) is 0 Å². The van der Waals surface area contributed by atoms with E-state index < -0.39 is 0 Å². The molecule has 96 valence electrons. The van der Waals surface area contributed by atoms with Crippen molar-refractivity contribution in [1.29, 1.82) is 0 Å². The molecule has 3 heteroatoms. The van der Waals surface area contributed by atoms with Crippen LogP contribution in [0.15, 0.2) is 0 Å². The third-order valence-electron chi connectivity index (χ3n) is 3.63. The van der Waals surface area contributed by atoms with Gasteiger partial charge in [-0.15, -0.1) is 0 Å². The van der Waals surface area contributed by atoms with Crippen LogP contribution in [0.25, 0.3) is 0 Å². The Kier molecular flexibility index (Phi) is 7.01. The first kappa shape index (κ1) is 13.9. The van der Waals surface area contributed by atoms with Gasteiger partial charge in [0, 0.05) is 19.1 Å². The SMILES string of the molecule is CCCC(C)N1CCCN(CCCN)CC1. The third-order valence-corrected chi connectivity index (χ3v) is 3.63. The standard InChI is InChI=1S/C13H29N3/c1-3-6-13(2)16-10-5-9-15(11-12-16)8-4-7-14/h13H,3-12,14H2,1-2H3. The first-order valence-electron chi connectivity index (χ1n) is 6.94. The Balaban J connectivity index is 2.28. The number of rotatable bonds is 6. The number of nitrogens with zero attached hydrogens (tertiary/aromatic N) is 2. The highest BCUT2D eigenvalue weighted by Gasteiger charge is 2.17. The highest BCUT2D eigenvalue weighted by molar-refractivity contribution is 4.74. The van der Waals surface area contributed by atoms with Crippen LogP contribution >= 0.6 is 0 Å². The fourth-order valence-electron chi connectivity index (χ4n) is 2.57. The molecule has 0 saturated carbocycles. The molecular weight excluding hydrogens is 198 g/mol. The van der Waals surface area contributed by atoms with Crippen LogP contribution < -0.4 is 5.73 Å². The lowest BCUT2D eigenvalue weighted by Crippen LogP contribution is -2.37. The lowest BCUT2D eigenvalue weighted by molar-refractivity contribution is 0.199. The van der Waals surface area contributed by atoms with Crippen molar-refractivity contribution in [2.75, 3.05) is 39.3 Å². The Hall–Kier alpha value is -0.120. The van der Waals surface area contributed by atoms with Gasteiger partial charge in [0.15, 0.2) is 0 Å². The van der Waals surface area contributed by atoms with Crippen molar-refractivity contribution in [1.82, 2.24) is 9.80 Å². The monoisotopic (exact) mass is 227 g/mol. The van der Waals surface area contributed by atoms with Gasteiger partial charge in [-0.1, -0.05) is 13.3 Å². The van der Waals surface area contributed by atoms with E-state index in [1.807, 2.05) is 0 Å². The summed E-state index contributed by atoms with van der Waals surface area (Å²) in [6, 6.07) is 0.763. The summed E-state index contributed by atoms with van der Waals surface area (Å²) in [5.41, 5.74) is 5.56. The van der Waals surface area contributed by atoms with E-state index in [0.717, 1.165) is 19.0 Å². The van der Waals surface area contributed by atoms with Gasteiger partial charge in [-0.05, 0) is 52.4 Å². The number of hydrogen-bond donors (Lipinski definition) is 1. The van der Waals surface area contributed by atoms with Crippen molar-refractivity contribution >= 4 is 0 Å². The zero-order chi connectivity index (χ0) is 11.8. The van der Waals surface area contributed by atoms with E-state index in [2.05, 4.69) is 23.6 Å². The van der Waals surface area contributed by atoms with Crippen LogP contribution in [0.2, 0.25) is 0 Å². The van der Waals surface area contributed by atoms with E-state index in [9.17, 15) is 0 Å². The second kappa shape index (κ2) is 8.04. The summed E-state index contributed by atoms with van der Waals surface area (Å²) < 4.78 is 0. The molecule has 1 saturated heterocycles. The lowest BCUT2D eigenvalue weighted by atomic mass is 10.1. The Morgan fingerprint density at radius 2 is 2.00 bits per heavy atom. The zero-order valence-electron chi connectivity index (χ0n) is 11.1. The van der Waals surface area contributed by atoms with Gasteiger partial charge in [-0.25, -0.2) is 0 Å². The van der Waals surface area contributed by atoms with Crippen LogP contribution in [0.1, 0.15) is 39.5 Å². The first-order chi connectivity index (χ1) is 7.77. The van der Waals surface area contributed by atoms with Crippen LogP contribution in [0, 0.1) is 0 Å². The van der Waals surface area contributed by atoms with Crippen LogP contribution in [-0.4, -0.2) is 55.1 Å². The second-order valence-corrected chi connectivity index (χ2v) is 5.01. The summed E-state index contributed by atoms with van der Waals surface area (Å²) in [6.45, 7) is 11.7. The normalized spacial score (nSPS) is 21.9. The average molecular weight is 227 g/mol. The zero-order valence-corrected chi connectivity index (χ0v) is 11.1. The van der Waals surface area contributed by atoms with Gasteiger partial charge in [0.1, 0.15) is 0 Å². The van der Waals surface area contributed by atoms with Crippen LogP contribution in [0.5, 0.6) is 0 Å².